The van der Waals surface area contributed by atoms with E-state index >= 15 is 0 Å². The van der Waals surface area contributed by atoms with Crippen LogP contribution >= 0.6 is 22.7 Å². The first-order valence-electron chi connectivity index (χ1n) is 6.77. The first-order chi connectivity index (χ1) is 11.2. The van der Waals surface area contributed by atoms with Crippen LogP contribution < -0.4 is 0 Å². The van der Waals surface area contributed by atoms with Crippen LogP contribution in [-0.2, 0) is 0 Å². The van der Waals surface area contributed by atoms with E-state index in [0.29, 0.717) is 0 Å². The van der Waals surface area contributed by atoms with Gasteiger partial charge in [-0.2, -0.15) is 0 Å². The minimum atomic E-state index is -0.398. The highest BCUT2D eigenvalue weighted by Crippen LogP contribution is 2.34. The van der Waals surface area contributed by atoms with Crippen molar-refractivity contribution in [2.75, 3.05) is 0 Å². The molecule has 5 nitrogen and oxygen atoms in total. The van der Waals surface area contributed by atoms with Crippen LogP contribution in [-0.4, -0.2) is 14.9 Å². The minimum Gasteiger partial charge on any atom is -0.258 e. The van der Waals surface area contributed by atoms with Crippen LogP contribution in [0, 0.1) is 10.1 Å². The number of nitro benzene ring substituents is 1. The number of aromatic nitrogens is 2. The lowest BCUT2D eigenvalue weighted by atomic mass is 10.1. The average molecular weight is 339 g/mol. The first-order valence-corrected chi connectivity index (χ1v) is 8.46. The zero-order valence-electron chi connectivity index (χ0n) is 11.7. The number of rotatable bonds is 3. The molecule has 0 spiro atoms. The molecule has 0 bridgehead atoms. The summed E-state index contributed by atoms with van der Waals surface area (Å²) in [6.45, 7) is 0. The van der Waals surface area contributed by atoms with Gasteiger partial charge in [-0.25, -0.2) is 9.97 Å². The Hall–Kier alpha value is -2.64. The second-order valence-corrected chi connectivity index (χ2v) is 6.72. The van der Waals surface area contributed by atoms with Crippen molar-refractivity contribution in [2.24, 2.45) is 0 Å². The predicted molar refractivity (Wildman–Crippen MR) is 92.8 cm³/mol. The van der Waals surface area contributed by atoms with E-state index in [0.717, 1.165) is 31.5 Å². The van der Waals surface area contributed by atoms with Crippen LogP contribution in [0.5, 0.6) is 0 Å². The van der Waals surface area contributed by atoms with Gasteiger partial charge in [0.25, 0.3) is 5.69 Å². The van der Waals surface area contributed by atoms with Gasteiger partial charge < -0.3 is 0 Å². The lowest BCUT2D eigenvalue weighted by Gasteiger charge is -1.96. The number of para-hydroxylation sites is 1. The number of hydrogen-bond acceptors (Lipinski definition) is 6. The third-order valence-electron chi connectivity index (χ3n) is 3.33. The molecule has 0 aliphatic carbocycles. The van der Waals surface area contributed by atoms with E-state index in [1.165, 1.54) is 23.5 Å². The van der Waals surface area contributed by atoms with Crippen molar-refractivity contribution in [1.29, 1.82) is 0 Å². The Labute approximate surface area is 139 Å². The number of nitro groups is 1. The van der Waals surface area contributed by atoms with E-state index in [1.54, 1.807) is 17.4 Å². The summed E-state index contributed by atoms with van der Waals surface area (Å²) in [6.07, 6.45) is 0. The van der Waals surface area contributed by atoms with Gasteiger partial charge in [-0.15, -0.1) is 22.7 Å². The summed E-state index contributed by atoms with van der Waals surface area (Å²) in [5, 5.41) is 14.5. The van der Waals surface area contributed by atoms with Gasteiger partial charge >= 0.3 is 0 Å². The summed E-state index contributed by atoms with van der Waals surface area (Å²) in [5.74, 6) is 0. The Morgan fingerprint density at radius 2 is 1.87 bits per heavy atom. The molecule has 0 aliphatic heterocycles. The topological polar surface area (TPSA) is 68.9 Å². The number of non-ortho nitro benzene ring substituents is 1. The highest BCUT2D eigenvalue weighted by Gasteiger charge is 2.13. The van der Waals surface area contributed by atoms with Gasteiger partial charge in [0.2, 0.25) is 0 Å². The van der Waals surface area contributed by atoms with Gasteiger partial charge in [-0.05, 0) is 12.1 Å². The Morgan fingerprint density at radius 1 is 1.00 bits per heavy atom. The molecule has 2 aromatic heterocycles. The molecule has 23 heavy (non-hydrogen) atoms. The molecule has 7 heteroatoms. The van der Waals surface area contributed by atoms with E-state index in [2.05, 4.69) is 9.97 Å². The molecule has 0 atom stereocenters. The average Bonchev–Trinajstić information content (AvgIpc) is 3.21. The van der Waals surface area contributed by atoms with Gasteiger partial charge in [-0.3, -0.25) is 10.1 Å². The van der Waals surface area contributed by atoms with Gasteiger partial charge in [-0.1, -0.05) is 24.3 Å². The molecular formula is C16H9N3O2S2. The maximum atomic E-state index is 10.9. The molecule has 4 aromatic rings. The van der Waals surface area contributed by atoms with E-state index in [4.69, 9.17) is 0 Å². The van der Waals surface area contributed by atoms with Crippen molar-refractivity contribution in [3.63, 3.8) is 0 Å². The molecule has 0 saturated heterocycles. The van der Waals surface area contributed by atoms with Gasteiger partial charge in [0.1, 0.15) is 0 Å². The number of fused-ring (bicyclic) bond motifs is 1. The Bertz CT molecular complexity index is 990. The third-order valence-corrected chi connectivity index (χ3v) is 5.36. The Morgan fingerprint density at radius 3 is 2.70 bits per heavy atom. The summed E-state index contributed by atoms with van der Waals surface area (Å²) >= 11 is 3.09. The zero-order valence-corrected chi connectivity index (χ0v) is 13.3. The van der Waals surface area contributed by atoms with E-state index in [-0.39, 0.29) is 5.69 Å². The summed E-state index contributed by atoms with van der Waals surface area (Å²) in [4.78, 5) is 19.7. The van der Waals surface area contributed by atoms with Crippen LogP contribution in [0.15, 0.2) is 53.9 Å². The number of benzene rings is 2. The van der Waals surface area contributed by atoms with Gasteiger partial charge in [0, 0.05) is 23.1 Å². The van der Waals surface area contributed by atoms with Crippen molar-refractivity contribution in [3.8, 4) is 21.3 Å². The molecule has 0 saturated carbocycles. The van der Waals surface area contributed by atoms with Crippen molar-refractivity contribution in [3.05, 3.63) is 64.0 Å². The zero-order chi connectivity index (χ0) is 15.8. The van der Waals surface area contributed by atoms with Crippen LogP contribution in [0.2, 0.25) is 0 Å². The standard InChI is InChI=1S/C16H9N3O2S2/c20-19(21)11-5-3-4-10(8-11)13-9-22-15(18-13)16-17-12-6-1-2-7-14(12)23-16/h1-9H. The van der Waals surface area contributed by atoms with Crippen molar-refractivity contribution in [1.82, 2.24) is 9.97 Å². The van der Waals surface area contributed by atoms with Crippen molar-refractivity contribution < 1.29 is 4.92 Å². The fraction of sp³-hybridized carbons (Fsp3) is 0. The van der Waals surface area contributed by atoms with Crippen molar-refractivity contribution >= 4 is 38.6 Å². The Balaban J connectivity index is 1.74. The summed E-state index contributed by atoms with van der Waals surface area (Å²) in [7, 11) is 0. The molecule has 0 radical (unpaired) electrons. The highest BCUT2D eigenvalue weighted by atomic mass is 32.1. The monoisotopic (exact) mass is 339 g/mol. The second-order valence-electron chi connectivity index (χ2n) is 4.83. The normalized spacial score (nSPS) is 11.0. The largest absolute Gasteiger partial charge is 0.270 e. The molecule has 0 N–H and O–H groups in total. The molecule has 0 fully saturated rings. The molecule has 2 aromatic carbocycles. The Kier molecular flexibility index (Phi) is 3.36. The third kappa shape index (κ3) is 2.60. The molecular weight excluding hydrogens is 330 g/mol. The number of hydrogen-bond donors (Lipinski definition) is 0. The van der Waals surface area contributed by atoms with Gasteiger partial charge in [0.05, 0.1) is 20.8 Å². The van der Waals surface area contributed by atoms with E-state index in [9.17, 15) is 10.1 Å². The number of nitrogens with zero attached hydrogens (tertiary/aromatic N) is 3. The highest BCUT2D eigenvalue weighted by molar-refractivity contribution is 7.25. The summed E-state index contributed by atoms with van der Waals surface area (Å²) in [5.41, 5.74) is 2.49. The fourth-order valence-electron chi connectivity index (χ4n) is 2.25. The SMILES string of the molecule is O=[N+]([O-])c1cccc(-c2csc(-c3nc4ccccc4s3)n2)c1. The van der Waals surface area contributed by atoms with Crippen LogP contribution in [0.3, 0.4) is 0 Å². The summed E-state index contributed by atoms with van der Waals surface area (Å²) in [6, 6.07) is 14.5. The van der Waals surface area contributed by atoms with Crippen LogP contribution in [0.1, 0.15) is 0 Å². The molecule has 0 unspecified atom stereocenters. The van der Waals surface area contributed by atoms with E-state index in [1.807, 2.05) is 35.7 Å². The van der Waals surface area contributed by atoms with Gasteiger partial charge in [0.15, 0.2) is 10.0 Å². The molecule has 2 heterocycles. The maximum absolute atomic E-state index is 10.9. The molecule has 4 rings (SSSR count). The van der Waals surface area contributed by atoms with Crippen LogP contribution in [0.4, 0.5) is 5.69 Å². The molecule has 0 aliphatic rings. The number of thiazole rings is 2. The minimum absolute atomic E-state index is 0.0667. The molecule has 0 amide bonds. The fourth-order valence-corrected chi connectivity index (χ4v) is 4.08. The van der Waals surface area contributed by atoms with E-state index < -0.39 is 4.92 Å². The van der Waals surface area contributed by atoms with Crippen molar-refractivity contribution in [2.45, 2.75) is 0 Å². The lowest BCUT2D eigenvalue weighted by molar-refractivity contribution is -0.384. The lowest BCUT2D eigenvalue weighted by Crippen LogP contribution is -1.88. The van der Waals surface area contributed by atoms with Crippen LogP contribution in [0.25, 0.3) is 31.5 Å². The maximum Gasteiger partial charge on any atom is 0.270 e. The second kappa shape index (κ2) is 5.53. The first kappa shape index (κ1) is 14.0. The quantitative estimate of drug-likeness (QED) is 0.389. The predicted octanol–water partition coefficient (Wildman–Crippen LogP) is 5.00. The summed E-state index contributed by atoms with van der Waals surface area (Å²) < 4.78 is 1.12. The smallest absolute Gasteiger partial charge is 0.258 e. The molecule has 112 valence electrons.